The standard InChI is InChI=1S/C13H13N5O/c14-13-17-11-10(12(19)18-13)7-9(16-11)5-4-8-3-1-2-6-15-8/h1-3,6-7H,4-5H2,(H4,14,16,17,18,19). The fourth-order valence-corrected chi connectivity index (χ4v) is 2.03. The van der Waals surface area contributed by atoms with E-state index in [1.54, 1.807) is 6.20 Å². The zero-order chi connectivity index (χ0) is 13.2. The molecule has 0 aromatic carbocycles. The summed E-state index contributed by atoms with van der Waals surface area (Å²) in [5.41, 5.74) is 7.77. The van der Waals surface area contributed by atoms with Crippen LogP contribution in [0.1, 0.15) is 11.4 Å². The number of nitrogens with zero attached hydrogens (tertiary/aromatic N) is 2. The number of pyridine rings is 1. The molecule has 0 atom stereocenters. The smallest absolute Gasteiger partial charge is 0.261 e. The van der Waals surface area contributed by atoms with Gasteiger partial charge in [0.2, 0.25) is 5.95 Å². The molecule has 0 saturated heterocycles. The third-order valence-corrected chi connectivity index (χ3v) is 2.95. The second kappa shape index (κ2) is 4.56. The lowest BCUT2D eigenvalue weighted by molar-refractivity contribution is 0.890. The van der Waals surface area contributed by atoms with E-state index in [4.69, 9.17) is 5.73 Å². The molecule has 4 N–H and O–H groups in total. The molecule has 0 aliphatic rings. The Morgan fingerprint density at radius 1 is 1.21 bits per heavy atom. The van der Waals surface area contributed by atoms with Gasteiger partial charge in [0, 0.05) is 17.6 Å². The summed E-state index contributed by atoms with van der Waals surface area (Å²) < 4.78 is 0. The van der Waals surface area contributed by atoms with Crippen molar-refractivity contribution in [3.63, 3.8) is 0 Å². The van der Waals surface area contributed by atoms with E-state index in [1.165, 1.54) is 0 Å². The van der Waals surface area contributed by atoms with Crippen LogP contribution in [0.25, 0.3) is 11.0 Å². The van der Waals surface area contributed by atoms with Crippen molar-refractivity contribution in [2.75, 3.05) is 5.73 Å². The van der Waals surface area contributed by atoms with Crippen molar-refractivity contribution in [3.8, 4) is 0 Å². The minimum absolute atomic E-state index is 0.121. The first kappa shape index (κ1) is 11.5. The molecule has 6 nitrogen and oxygen atoms in total. The molecule has 3 heterocycles. The zero-order valence-electron chi connectivity index (χ0n) is 10.2. The van der Waals surface area contributed by atoms with Gasteiger partial charge in [0.25, 0.3) is 5.56 Å². The summed E-state index contributed by atoms with van der Waals surface area (Å²) in [5.74, 6) is 0.121. The Bertz CT molecular complexity index is 760. The van der Waals surface area contributed by atoms with Crippen LogP contribution in [0.3, 0.4) is 0 Å². The predicted molar refractivity (Wildman–Crippen MR) is 72.8 cm³/mol. The van der Waals surface area contributed by atoms with Crippen LogP contribution in [0.2, 0.25) is 0 Å². The Morgan fingerprint density at radius 2 is 2.11 bits per heavy atom. The number of nitrogen functional groups attached to an aromatic ring is 1. The van der Waals surface area contributed by atoms with Crippen LogP contribution < -0.4 is 11.3 Å². The second-order valence-corrected chi connectivity index (χ2v) is 4.33. The molecule has 6 heteroatoms. The average Bonchev–Trinajstić information content (AvgIpc) is 2.81. The van der Waals surface area contributed by atoms with Gasteiger partial charge in [0.05, 0.1) is 5.39 Å². The van der Waals surface area contributed by atoms with Crippen molar-refractivity contribution in [2.24, 2.45) is 0 Å². The SMILES string of the molecule is Nc1nc2[nH]c(CCc3ccccn3)cc2c(=O)[nH]1. The van der Waals surface area contributed by atoms with E-state index < -0.39 is 0 Å². The van der Waals surface area contributed by atoms with Gasteiger partial charge in [-0.3, -0.25) is 14.8 Å². The van der Waals surface area contributed by atoms with Crippen LogP contribution in [0.4, 0.5) is 5.95 Å². The van der Waals surface area contributed by atoms with Gasteiger partial charge in [0.15, 0.2) is 0 Å². The molecule has 96 valence electrons. The van der Waals surface area contributed by atoms with Crippen molar-refractivity contribution < 1.29 is 0 Å². The summed E-state index contributed by atoms with van der Waals surface area (Å²) in [6.07, 6.45) is 3.35. The molecule has 0 amide bonds. The topological polar surface area (TPSA) is 100 Å². The molecule has 0 aliphatic heterocycles. The summed E-state index contributed by atoms with van der Waals surface area (Å²) in [6, 6.07) is 7.63. The summed E-state index contributed by atoms with van der Waals surface area (Å²) in [7, 11) is 0. The molecule has 0 unspecified atom stereocenters. The summed E-state index contributed by atoms with van der Waals surface area (Å²) >= 11 is 0. The molecule has 19 heavy (non-hydrogen) atoms. The first-order valence-corrected chi connectivity index (χ1v) is 5.99. The molecule has 0 spiro atoms. The number of nitrogens with one attached hydrogen (secondary N) is 2. The Hall–Kier alpha value is -2.63. The van der Waals surface area contributed by atoms with Crippen molar-refractivity contribution in [2.45, 2.75) is 12.8 Å². The number of rotatable bonds is 3. The number of hydrogen-bond acceptors (Lipinski definition) is 4. The first-order valence-electron chi connectivity index (χ1n) is 5.99. The maximum atomic E-state index is 11.7. The van der Waals surface area contributed by atoms with Gasteiger partial charge < -0.3 is 10.7 Å². The number of anilines is 1. The number of fused-ring (bicyclic) bond motifs is 1. The molecular formula is C13H13N5O. The monoisotopic (exact) mass is 255 g/mol. The highest BCUT2D eigenvalue weighted by Gasteiger charge is 2.07. The van der Waals surface area contributed by atoms with E-state index in [0.717, 1.165) is 24.2 Å². The van der Waals surface area contributed by atoms with Crippen LogP contribution in [0.5, 0.6) is 0 Å². The second-order valence-electron chi connectivity index (χ2n) is 4.33. The predicted octanol–water partition coefficient (Wildman–Crippen LogP) is 1.01. The molecule has 3 aromatic heterocycles. The van der Waals surface area contributed by atoms with E-state index in [2.05, 4.69) is 19.9 Å². The van der Waals surface area contributed by atoms with E-state index in [-0.39, 0.29) is 11.5 Å². The molecule has 3 aromatic rings. The highest BCUT2D eigenvalue weighted by molar-refractivity contribution is 5.76. The summed E-state index contributed by atoms with van der Waals surface area (Å²) in [5, 5.41) is 0.533. The number of H-pyrrole nitrogens is 2. The number of aromatic nitrogens is 4. The number of nitrogens with two attached hydrogens (primary N) is 1. The van der Waals surface area contributed by atoms with Gasteiger partial charge in [-0.15, -0.1) is 0 Å². The average molecular weight is 255 g/mol. The van der Waals surface area contributed by atoms with Gasteiger partial charge in [0.1, 0.15) is 5.65 Å². The normalized spacial score (nSPS) is 10.9. The Balaban J connectivity index is 1.86. The number of hydrogen-bond donors (Lipinski definition) is 3. The van der Waals surface area contributed by atoms with Gasteiger partial charge in [-0.25, -0.2) is 0 Å². The van der Waals surface area contributed by atoms with E-state index in [1.807, 2.05) is 24.3 Å². The Kier molecular flexibility index (Phi) is 2.75. The third kappa shape index (κ3) is 2.33. The maximum absolute atomic E-state index is 11.7. The lowest BCUT2D eigenvalue weighted by Crippen LogP contribution is -2.09. The minimum Gasteiger partial charge on any atom is -0.369 e. The number of aromatic amines is 2. The third-order valence-electron chi connectivity index (χ3n) is 2.95. The first-order chi connectivity index (χ1) is 9.22. The summed E-state index contributed by atoms with van der Waals surface area (Å²) in [4.78, 5) is 25.6. The molecule has 0 aliphatic carbocycles. The molecule has 0 fully saturated rings. The number of aryl methyl sites for hydroxylation is 2. The lowest BCUT2D eigenvalue weighted by atomic mass is 10.2. The zero-order valence-corrected chi connectivity index (χ0v) is 10.2. The fourth-order valence-electron chi connectivity index (χ4n) is 2.03. The van der Waals surface area contributed by atoms with E-state index in [9.17, 15) is 4.79 Å². The van der Waals surface area contributed by atoms with Gasteiger partial charge >= 0.3 is 0 Å². The van der Waals surface area contributed by atoms with Crippen LogP contribution in [0, 0.1) is 0 Å². The van der Waals surface area contributed by atoms with Crippen molar-refractivity contribution in [1.82, 2.24) is 19.9 Å². The van der Waals surface area contributed by atoms with Gasteiger partial charge in [-0.2, -0.15) is 4.98 Å². The van der Waals surface area contributed by atoms with E-state index in [0.29, 0.717) is 11.0 Å². The minimum atomic E-state index is -0.220. The van der Waals surface area contributed by atoms with Crippen molar-refractivity contribution >= 4 is 17.0 Å². The lowest BCUT2D eigenvalue weighted by Gasteiger charge is -1.97. The highest BCUT2D eigenvalue weighted by Crippen LogP contribution is 2.11. The molecular weight excluding hydrogens is 242 g/mol. The molecule has 0 saturated carbocycles. The summed E-state index contributed by atoms with van der Waals surface area (Å²) in [6.45, 7) is 0. The van der Waals surface area contributed by atoms with E-state index >= 15 is 0 Å². The Morgan fingerprint density at radius 3 is 2.89 bits per heavy atom. The quantitative estimate of drug-likeness (QED) is 0.650. The maximum Gasteiger partial charge on any atom is 0.261 e. The molecule has 0 radical (unpaired) electrons. The largest absolute Gasteiger partial charge is 0.369 e. The fraction of sp³-hybridized carbons (Fsp3) is 0.154. The Labute approximate surface area is 108 Å². The van der Waals surface area contributed by atoms with Crippen LogP contribution in [-0.4, -0.2) is 19.9 Å². The van der Waals surface area contributed by atoms with Gasteiger partial charge in [-0.05, 0) is 31.0 Å². The highest BCUT2D eigenvalue weighted by atomic mass is 16.1. The van der Waals surface area contributed by atoms with Crippen molar-refractivity contribution in [3.05, 3.63) is 52.2 Å². The van der Waals surface area contributed by atoms with Crippen LogP contribution >= 0.6 is 0 Å². The van der Waals surface area contributed by atoms with Gasteiger partial charge in [-0.1, -0.05) is 6.07 Å². The molecule has 0 bridgehead atoms. The van der Waals surface area contributed by atoms with Crippen molar-refractivity contribution in [1.29, 1.82) is 0 Å². The van der Waals surface area contributed by atoms with Crippen LogP contribution in [0.15, 0.2) is 35.3 Å². The van der Waals surface area contributed by atoms with Crippen LogP contribution in [-0.2, 0) is 12.8 Å². The molecule has 3 rings (SSSR count).